The minimum Gasteiger partial charge on any atom is -0.508 e. The molecule has 1 atom stereocenters. The number of fused-ring (bicyclic) bond motifs is 1. The maximum Gasteiger partial charge on any atom is 0.156 e. The Hall–Kier alpha value is -1.61. The van der Waals surface area contributed by atoms with E-state index in [-0.39, 0.29) is 12.2 Å². The van der Waals surface area contributed by atoms with Gasteiger partial charge in [-0.1, -0.05) is 24.3 Å². The predicted molar refractivity (Wildman–Crippen MR) is 51.7 cm³/mol. The smallest absolute Gasteiger partial charge is 0.156 e. The van der Waals surface area contributed by atoms with Crippen molar-refractivity contribution in [3.63, 3.8) is 0 Å². The summed E-state index contributed by atoms with van der Waals surface area (Å²) in [5.41, 5.74) is -0.585. The fourth-order valence-corrected chi connectivity index (χ4v) is 1.74. The topological polar surface area (TPSA) is 57.5 Å². The van der Waals surface area contributed by atoms with Crippen molar-refractivity contribution in [1.29, 1.82) is 0 Å². The first-order chi connectivity index (χ1) is 6.67. The first kappa shape index (κ1) is 8.97. The van der Waals surface area contributed by atoms with E-state index in [1.165, 1.54) is 6.07 Å². The Labute approximate surface area is 81.3 Å². The zero-order valence-corrected chi connectivity index (χ0v) is 7.47. The van der Waals surface area contributed by atoms with Crippen LogP contribution in [0.5, 0.6) is 5.75 Å². The monoisotopic (exact) mass is 190 g/mol. The van der Waals surface area contributed by atoms with Gasteiger partial charge in [0.25, 0.3) is 0 Å². The van der Waals surface area contributed by atoms with E-state index in [0.717, 1.165) is 0 Å². The maximum atomic E-state index is 10.8. The van der Waals surface area contributed by atoms with Crippen molar-refractivity contribution in [3.8, 4) is 5.75 Å². The van der Waals surface area contributed by atoms with Crippen LogP contribution in [0.1, 0.15) is 17.5 Å². The Bertz CT molecular complexity index is 409. The van der Waals surface area contributed by atoms with Crippen LogP contribution < -0.4 is 0 Å². The number of phenolic OH excluding ortho intramolecular Hbond substituents is 1. The largest absolute Gasteiger partial charge is 0.508 e. The molecule has 1 aliphatic rings. The Balaban J connectivity index is 2.70. The maximum absolute atomic E-state index is 10.8. The number of rotatable bonds is 1. The van der Waals surface area contributed by atoms with Crippen molar-refractivity contribution >= 4 is 12.4 Å². The average Bonchev–Trinajstić information content (AvgIpc) is 2.18. The summed E-state index contributed by atoms with van der Waals surface area (Å²) in [6.45, 7) is 0. The zero-order chi connectivity index (χ0) is 10.2. The molecule has 2 rings (SSSR count). The average molecular weight is 190 g/mol. The van der Waals surface area contributed by atoms with Crippen LogP contribution >= 0.6 is 0 Å². The molecule has 1 unspecified atom stereocenters. The van der Waals surface area contributed by atoms with Gasteiger partial charge in [0.05, 0.1) is 0 Å². The summed E-state index contributed by atoms with van der Waals surface area (Å²) in [5, 5.41) is 19.5. The molecule has 2 N–H and O–H groups in total. The van der Waals surface area contributed by atoms with Crippen molar-refractivity contribution in [2.24, 2.45) is 0 Å². The highest BCUT2D eigenvalue weighted by Crippen LogP contribution is 2.37. The molecule has 0 aromatic heterocycles. The molecular weight excluding hydrogens is 180 g/mol. The summed E-state index contributed by atoms with van der Waals surface area (Å²) in [4.78, 5) is 10.8. The molecule has 0 bridgehead atoms. The minimum absolute atomic E-state index is 0.0403. The number of aromatic hydroxyl groups is 1. The van der Waals surface area contributed by atoms with Crippen molar-refractivity contribution < 1.29 is 15.0 Å². The van der Waals surface area contributed by atoms with Crippen LogP contribution in [0.4, 0.5) is 0 Å². The number of phenols is 1. The predicted octanol–water partition coefficient (Wildman–Crippen LogP) is 1.20. The van der Waals surface area contributed by atoms with E-state index in [0.29, 0.717) is 17.4 Å². The number of carbonyl (C=O) groups excluding carboxylic acids is 1. The second kappa shape index (κ2) is 2.96. The molecule has 72 valence electrons. The van der Waals surface area contributed by atoms with E-state index in [2.05, 4.69) is 0 Å². The number of aldehydes is 1. The van der Waals surface area contributed by atoms with Gasteiger partial charge in [0.15, 0.2) is 11.9 Å². The standard InChI is InChI=1S/C11H10O3/c12-7-11(14)6-2-4-8-3-1-5-9(13)10(8)11/h1-5,7,13-14H,6H2. The lowest BCUT2D eigenvalue weighted by molar-refractivity contribution is -0.124. The lowest BCUT2D eigenvalue weighted by atomic mass is 9.83. The molecule has 0 fully saturated rings. The molecule has 0 saturated carbocycles. The highest BCUT2D eigenvalue weighted by atomic mass is 16.3. The van der Waals surface area contributed by atoms with E-state index in [4.69, 9.17) is 0 Å². The third kappa shape index (κ3) is 1.14. The van der Waals surface area contributed by atoms with Crippen molar-refractivity contribution in [1.82, 2.24) is 0 Å². The minimum atomic E-state index is -1.57. The number of benzene rings is 1. The fraction of sp³-hybridized carbons (Fsp3) is 0.182. The molecule has 0 radical (unpaired) electrons. The number of aliphatic hydroxyl groups is 1. The molecular formula is C11H10O3. The van der Waals surface area contributed by atoms with Crippen LogP contribution in [0.25, 0.3) is 6.08 Å². The molecule has 0 spiro atoms. The van der Waals surface area contributed by atoms with Gasteiger partial charge in [-0.3, -0.25) is 4.79 Å². The van der Waals surface area contributed by atoms with E-state index in [1.807, 2.05) is 0 Å². The molecule has 1 aliphatic carbocycles. The SMILES string of the molecule is O=CC1(O)CC=Cc2cccc(O)c21. The summed E-state index contributed by atoms with van der Waals surface area (Å²) < 4.78 is 0. The third-order valence-corrected chi connectivity index (χ3v) is 2.43. The number of hydrogen-bond donors (Lipinski definition) is 2. The molecule has 1 aromatic rings. The van der Waals surface area contributed by atoms with Crippen molar-refractivity contribution in [3.05, 3.63) is 35.4 Å². The van der Waals surface area contributed by atoms with Gasteiger partial charge in [0.1, 0.15) is 5.75 Å². The van der Waals surface area contributed by atoms with Gasteiger partial charge >= 0.3 is 0 Å². The Kier molecular flexibility index (Phi) is 1.89. The molecule has 3 nitrogen and oxygen atoms in total. The van der Waals surface area contributed by atoms with Crippen LogP contribution in [0.15, 0.2) is 24.3 Å². The van der Waals surface area contributed by atoms with E-state index < -0.39 is 5.60 Å². The molecule has 14 heavy (non-hydrogen) atoms. The van der Waals surface area contributed by atoms with Gasteiger partial charge in [-0.2, -0.15) is 0 Å². The van der Waals surface area contributed by atoms with E-state index in [9.17, 15) is 15.0 Å². The Morgan fingerprint density at radius 3 is 2.93 bits per heavy atom. The first-order valence-corrected chi connectivity index (χ1v) is 4.35. The molecule has 0 heterocycles. The van der Waals surface area contributed by atoms with Gasteiger partial charge in [0.2, 0.25) is 0 Å². The normalized spacial score (nSPS) is 24.4. The summed E-state index contributed by atoms with van der Waals surface area (Å²) in [7, 11) is 0. The summed E-state index contributed by atoms with van der Waals surface area (Å²) in [6, 6.07) is 4.89. The van der Waals surface area contributed by atoms with Gasteiger partial charge in [-0.25, -0.2) is 0 Å². The number of carbonyl (C=O) groups is 1. The van der Waals surface area contributed by atoms with Crippen LogP contribution in [0.2, 0.25) is 0 Å². The van der Waals surface area contributed by atoms with E-state index in [1.54, 1.807) is 24.3 Å². The van der Waals surface area contributed by atoms with Gasteiger partial charge < -0.3 is 10.2 Å². The first-order valence-electron chi connectivity index (χ1n) is 4.35. The third-order valence-electron chi connectivity index (χ3n) is 2.43. The van der Waals surface area contributed by atoms with E-state index >= 15 is 0 Å². The second-order valence-corrected chi connectivity index (χ2v) is 3.39. The molecule has 3 heteroatoms. The van der Waals surface area contributed by atoms with Gasteiger partial charge in [-0.15, -0.1) is 0 Å². The van der Waals surface area contributed by atoms with Crippen molar-refractivity contribution in [2.45, 2.75) is 12.0 Å². The fourth-order valence-electron chi connectivity index (χ4n) is 1.74. The molecule has 1 aromatic carbocycles. The van der Waals surface area contributed by atoms with Crippen LogP contribution in [-0.2, 0) is 10.4 Å². The highest BCUT2D eigenvalue weighted by molar-refractivity contribution is 5.75. The quantitative estimate of drug-likeness (QED) is 0.654. The van der Waals surface area contributed by atoms with Crippen molar-refractivity contribution in [2.75, 3.05) is 0 Å². The molecule has 0 saturated heterocycles. The molecule has 0 amide bonds. The zero-order valence-electron chi connectivity index (χ0n) is 7.47. The molecule has 0 aliphatic heterocycles. The summed E-state index contributed by atoms with van der Waals surface area (Å²) in [5.74, 6) is -0.0403. The summed E-state index contributed by atoms with van der Waals surface area (Å²) in [6.07, 6.45) is 4.18. The Morgan fingerprint density at radius 2 is 2.21 bits per heavy atom. The number of hydrogen-bond acceptors (Lipinski definition) is 3. The summed E-state index contributed by atoms with van der Waals surface area (Å²) >= 11 is 0. The van der Waals surface area contributed by atoms with Gasteiger partial charge in [0, 0.05) is 12.0 Å². The van der Waals surface area contributed by atoms with Crippen LogP contribution in [0.3, 0.4) is 0 Å². The lowest BCUT2D eigenvalue weighted by Crippen LogP contribution is -2.29. The van der Waals surface area contributed by atoms with Crippen LogP contribution in [-0.4, -0.2) is 16.5 Å². The van der Waals surface area contributed by atoms with Gasteiger partial charge in [-0.05, 0) is 11.6 Å². The van der Waals surface area contributed by atoms with Crippen LogP contribution in [0, 0.1) is 0 Å². The highest BCUT2D eigenvalue weighted by Gasteiger charge is 2.34. The Morgan fingerprint density at radius 1 is 1.43 bits per heavy atom. The second-order valence-electron chi connectivity index (χ2n) is 3.39. The lowest BCUT2D eigenvalue weighted by Gasteiger charge is -2.26.